The van der Waals surface area contributed by atoms with E-state index < -0.39 is 0 Å². The fourth-order valence-electron chi connectivity index (χ4n) is 3.10. The Morgan fingerprint density at radius 2 is 2.20 bits per heavy atom. The maximum Gasteiger partial charge on any atom is 0.248 e. The number of hydrogen-bond donors (Lipinski definition) is 1. The van der Waals surface area contributed by atoms with Crippen molar-refractivity contribution in [3.05, 3.63) is 0 Å². The summed E-state index contributed by atoms with van der Waals surface area (Å²) in [5.41, 5.74) is 0. The first-order chi connectivity index (χ1) is 9.83. The topological polar surface area (TPSA) is 50.8 Å². The number of nitrogens with one attached hydrogen (secondary N) is 1. The predicted molar refractivity (Wildman–Crippen MR) is 75.5 cm³/mol. The van der Waals surface area contributed by atoms with Crippen LogP contribution < -0.4 is 5.32 Å². The Hall–Kier alpha value is -0.650. The molecule has 0 radical (unpaired) electrons. The van der Waals surface area contributed by atoms with Crippen molar-refractivity contribution in [1.82, 2.24) is 10.2 Å². The maximum absolute atomic E-state index is 12.3. The minimum Gasteiger partial charge on any atom is -0.381 e. The van der Waals surface area contributed by atoms with E-state index in [0.29, 0.717) is 24.6 Å². The Bertz CT molecular complexity index is 321. The normalized spacial score (nSPS) is 29.8. The number of carbonyl (C=O) groups is 1. The lowest BCUT2D eigenvalue weighted by molar-refractivity contribution is -0.137. The quantitative estimate of drug-likeness (QED) is 0.750. The van der Waals surface area contributed by atoms with Gasteiger partial charge in [-0.2, -0.15) is 0 Å². The van der Waals surface area contributed by atoms with Gasteiger partial charge in [0.2, 0.25) is 5.91 Å². The summed E-state index contributed by atoms with van der Waals surface area (Å²) in [6.07, 6.45) is 5.81. The molecule has 2 aliphatic heterocycles. The molecule has 114 valence electrons. The SMILES string of the molecule is O=C(COC[C@@H]1CCOC1)N(C[C@@H]1CCCN1)C1CC1. The zero-order chi connectivity index (χ0) is 13.8. The Morgan fingerprint density at radius 3 is 2.85 bits per heavy atom. The molecule has 2 heterocycles. The lowest BCUT2D eigenvalue weighted by Crippen LogP contribution is -2.44. The van der Waals surface area contributed by atoms with Gasteiger partial charge in [-0.1, -0.05) is 0 Å². The third-order valence-electron chi connectivity index (χ3n) is 4.49. The molecule has 0 aromatic heterocycles. The van der Waals surface area contributed by atoms with Crippen molar-refractivity contribution in [1.29, 1.82) is 0 Å². The van der Waals surface area contributed by atoms with E-state index >= 15 is 0 Å². The van der Waals surface area contributed by atoms with E-state index in [1.165, 1.54) is 12.8 Å². The van der Waals surface area contributed by atoms with E-state index in [9.17, 15) is 4.79 Å². The van der Waals surface area contributed by atoms with Crippen molar-refractivity contribution in [2.75, 3.05) is 39.5 Å². The Balaban J connectivity index is 1.40. The summed E-state index contributed by atoms with van der Waals surface area (Å²) in [5, 5.41) is 3.47. The molecule has 1 amide bonds. The number of amides is 1. The highest BCUT2D eigenvalue weighted by Gasteiger charge is 2.34. The fourth-order valence-corrected chi connectivity index (χ4v) is 3.10. The molecule has 5 nitrogen and oxygen atoms in total. The second-order valence-corrected chi connectivity index (χ2v) is 6.32. The van der Waals surface area contributed by atoms with E-state index in [2.05, 4.69) is 5.32 Å². The molecule has 3 rings (SSSR count). The van der Waals surface area contributed by atoms with E-state index in [1.807, 2.05) is 4.90 Å². The molecule has 0 aromatic carbocycles. The average molecular weight is 282 g/mol. The van der Waals surface area contributed by atoms with Crippen LogP contribution >= 0.6 is 0 Å². The summed E-state index contributed by atoms with van der Waals surface area (Å²) in [6, 6.07) is 0.964. The summed E-state index contributed by atoms with van der Waals surface area (Å²) in [5.74, 6) is 0.647. The fraction of sp³-hybridized carbons (Fsp3) is 0.933. The van der Waals surface area contributed by atoms with Crippen LogP contribution in [-0.4, -0.2) is 62.4 Å². The van der Waals surface area contributed by atoms with Gasteiger partial charge in [-0.15, -0.1) is 0 Å². The van der Waals surface area contributed by atoms with Crippen molar-refractivity contribution in [2.24, 2.45) is 5.92 Å². The zero-order valence-electron chi connectivity index (χ0n) is 12.2. The number of carbonyl (C=O) groups excluding carboxylic acids is 1. The van der Waals surface area contributed by atoms with E-state index in [1.54, 1.807) is 0 Å². The van der Waals surface area contributed by atoms with Crippen molar-refractivity contribution in [3.63, 3.8) is 0 Å². The molecule has 20 heavy (non-hydrogen) atoms. The Morgan fingerprint density at radius 1 is 1.30 bits per heavy atom. The minimum atomic E-state index is 0.167. The van der Waals surface area contributed by atoms with Gasteiger partial charge >= 0.3 is 0 Å². The van der Waals surface area contributed by atoms with Gasteiger partial charge in [0.05, 0.1) is 13.2 Å². The van der Waals surface area contributed by atoms with Gasteiger partial charge in [-0.05, 0) is 38.6 Å². The number of ether oxygens (including phenoxy) is 2. The highest BCUT2D eigenvalue weighted by molar-refractivity contribution is 5.78. The average Bonchev–Trinajstić information content (AvgIpc) is 2.93. The summed E-state index contributed by atoms with van der Waals surface area (Å²) < 4.78 is 10.9. The van der Waals surface area contributed by atoms with Crippen LogP contribution in [0.5, 0.6) is 0 Å². The number of nitrogens with zero attached hydrogens (tertiary/aromatic N) is 1. The third-order valence-corrected chi connectivity index (χ3v) is 4.49. The zero-order valence-corrected chi connectivity index (χ0v) is 12.2. The van der Waals surface area contributed by atoms with Gasteiger partial charge in [0, 0.05) is 31.2 Å². The molecule has 2 saturated heterocycles. The van der Waals surface area contributed by atoms with E-state index in [-0.39, 0.29) is 12.5 Å². The van der Waals surface area contributed by atoms with Crippen LogP contribution in [0.15, 0.2) is 0 Å². The number of rotatable bonds is 7. The molecular weight excluding hydrogens is 256 g/mol. The molecule has 0 spiro atoms. The molecule has 0 aromatic rings. The molecule has 1 N–H and O–H groups in total. The van der Waals surface area contributed by atoms with Gasteiger partial charge in [-0.25, -0.2) is 0 Å². The van der Waals surface area contributed by atoms with Crippen LogP contribution in [0.2, 0.25) is 0 Å². The third kappa shape index (κ3) is 3.93. The van der Waals surface area contributed by atoms with Crippen molar-refractivity contribution < 1.29 is 14.3 Å². The van der Waals surface area contributed by atoms with E-state index in [0.717, 1.165) is 45.6 Å². The maximum atomic E-state index is 12.3. The smallest absolute Gasteiger partial charge is 0.248 e. The van der Waals surface area contributed by atoms with Gasteiger partial charge in [0.1, 0.15) is 6.61 Å². The Kier molecular flexibility index (Phi) is 4.91. The largest absolute Gasteiger partial charge is 0.381 e. The standard InChI is InChI=1S/C15H26N2O3/c18-15(11-20-10-12-5-7-19-9-12)17(14-3-4-14)8-13-2-1-6-16-13/h12-14,16H,1-11H2/t12-,13+/m1/s1. The predicted octanol–water partition coefficient (Wildman–Crippen LogP) is 0.783. The second kappa shape index (κ2) is 6.87. The first kappa shape index (κ1) is 14.3. The summed E-state index contributed by atoms with van der Waals surface area (Å²) in [6.45, 7) is 4.47. The van der Waals surface area contributed by atoms with Gasteiger partial charge in [-0.3, -0.25) is 4.79 Å². The van der Waals surface area contributed by atoms with Crippen LogP contribution in [0.1, 0.15) is 32.1 Å². The summed E-state index contributed by atoms with van der Waals surface area (Å²) >= 11 is 0. The first-order valence-electron chi connectivity index (χ1n) is 8.01. The Labute approximate surface area is 121 Å². The molecule has 0 unspecified atom stereocenters. The lowest BCUT2D eigenvalue weighted by Gasteiger charge is -2.26. The molecule has 3 fully saturated rings. The second-order valence-electron chi connectivity index (χ2n) is 6.32. The molecule has 1 saturated carbocycles. The molecule has 2 atom stereocenters. The molecular formula is C15H26N2O3. The van der Waals surface area contributed by atoms with Crippen LogP contribution in [0.3, 0.4) is 0 Å². The highest BCUT2D eigenvalue weighted by Crippen LogP contribution is 2.28. The summed E-state index contributed by atoms with van der Waals surface area (Å²) in [4.78, 5) is 14.4. The molecule has 3 aliphatic rings. The monoisotopic (exact) mass is 282 g/mol. The summed E-state index contributed by atoms with van der Waals surface area (Å²) in [7, 11) is 0. The lowest BCUT2D eigenvalue weighted by atomic mass is 10.1. The van der Waals surface area contributed by atoms with Gasteiger partial charge < -0.3 is 19.7 Å². The molecule has 0 bridgehead atoms. The van der Waals surface area contributed by atoms with Crippen LogP contribution in [0.25, 0.3) is 0 Å². The van der Waals surface area contributed by atoms with Gasteiger partial charge in [0.15, 0.2) is 0 Å². The van der Waals surface area contributed by atoms with Crippen molar-refractivity contribution >= 4 is 5.91 Å². The van der Waals surface area contributed by atoms with Crippen LogP contribution in [0, 0.1) is 5.92 Å². The van der Waals surface area contributed by atoms with Crippen molar-refractivity contribution in [3.8, 4) is 0 Å². The van der Waals surface area contributed by atoms with E-state index in [4.69, 9.17) is 9.47 Å². The van der Waals surface area contributed by atoms with Gasteiger partial charge in [0.25, 0.3) is 0 Å². The minimum absolute atomic E-state index is 0.167. The molecule has 5 heteroatoms. The van der Waals surface area contributed by atoms with Crippen LogP contribution in [0.4, 0.5) is 0 Å². The molecule has 1 aliphatic carbocycles. The number of hydrogen-bond acceptors (Lipinski definition) is 4. The van der Waals surface area contributed by atoms with Crippen LogP contribution in [-0.2, 0) is 14.3 Å². The highest BCUT2D eigenvalue weighted by atomic mass is 16.5. The van der Waals surface area contributed by atoms with Crippen molar-refractivity contribution in [2.45, 2.75) is 44.2 Å². The first-order valence-corrected chi connectivity index (χ1v) is 8.01.